The Morgan fingerprint density at radius 3 is 2.40 bits per heavy atom. The average molecular weight is 684 g/mol. The molecule has 50 heavy (non-hydrogen) atoms. The normalized spacial score (nSPS) is 40.8. The number of fused-ring (bicyclic) bond motifs is 7. The molecule has 5 fully saturated rings. The fraction of sp³-hybridized carbons (Fsp3) is 0.698. The fourth-order valence-electron chi connectivity index (χ4n) is 13.7. The summed E-state index contributed by atoms with van der Waals surface area (Å²) < 4.78 is 13.6. The first kappa shape index (κ1) is 34.3. The Hall–Kier alpha value is -2.80. The van der Waals surface area contributed by atoms with Crippen LogP contribution in [0.2, 0.25) is 0 Å². The molecule has 0 radical (unpaired) electrons. The Kier molecular flexibility index (Phi) is 7.78. The predicted molar refractivity (Wildman–Crippen MR) is 193 cm³/mol. The second-order valence-electron chi connectivity index (χ2n) is 19.0. The van der Waals surface area contributed by atoms with Gasteiger partial charge in [-0.1, -0.05) is 48.5 Å². The summed E-state index contributed by atoms with van der Waals surface area (Å²) in [7, 11) is 0. The highest BCUT2D eigenvalue weighted by atomic mass is 19.1. The van der Waals surface area contributed by atoms with Crippen molar-refractivity contribution in [2.75, 3.05) is 6.54 Å². The first-order chi connectivity index (χ1) is 23.6. The van der Waals surface area contributed by atoms with Gasteiger partial charge < -0.3 is 15.0 Å². The molecule has 270 valence electrons. The zero-order valence-electron chi connectivity index (χ0n) is 31.4. The molecule has 1 aliphatic heterocycles. The number of nitrogens with one attached hydrogen (secondary N) is 1. The Bertz CT molecular complexity index is 1740. The van der Waals surface area contributed by atoms with Crippen LogP contribution >= 0.6 is 0 Å². The second kappa shape index (κ2) is 11.3. The van der Waals surface area contributed by atoms with Gasteiger partial charge in [-0.15, -0.1) is 0 Å². The highest BCUT2D eigenvalue weighted by Crippen LogP contribution is 2.76. The van der Waals surface area contributed by atoms with E-state index in [-0.39, 0.29) is 63.1 Å². The van der Waals surface area contributed by atoms with E-state index in [0.29, 0.717) is 24.8 Å². The standard InChI is InChI=1S/C43H58FN3O3/c1-25(2)35-31(48)23-43(38(50)47-22-8-9-30(47)37-45-24-29(46-37)26-10-12-27(44)13-11-26)21-20-41(6)28(36(35)43)14-15-33-40(5)18-17-34(49)39(3,4)32(40)16-19-42(33,41)7/h10-13,24-25,28,30,32-34,49H,8-9,14-23H2,1-7H3,(H,45,46)/t28-,30?,32+,33-,34+,40+,41-,42-,43-/m1/s1. The van der Waals surface area contributed by atoms with Crippen molar-refractivity contribution in [2.24, 2.45) is 50.7 Å². The summed E-state index contributed by atoms with van der Waals surface area (Å²) >= 11 is 0. The first-order valence-corrected chi connectivity index (χ1v) is 19.7. The van der Waals surface area contributed by atoms with Crippen LogP contribution < -0.4 is 0 Å². The van der Waals surface area contributed by atoms with Crippen molar-refractivity contribution in [3.63, 3.8) is 0 Å². The molecule has 5 aliphatic carbocycles. The van der Waals surface area contributed by atoms with E-state index in [1.807, 2.05) is 0 Å². The molecule has 4 saturated carbocycles. The number of hydrogen-bond acceptors (Lipinski definition) is 4. The largest absolute Gasteiger partial charge is 0.393 e. The lowest BCUT2D eigenvalue weighted by atomic mass is 9.33. The zero-order chi connectivity index (χ0) is 35.6. The molecule has 1 saturated heterocycles. The Morgan fingerprint density at radius 1 is 0.940 bits per heavy atom. The van der Waals surface area contributed by atoms with Gasteiger partial charge in [-0.3, -0.25) is 9.59 Å². The van der Waals surface area contributed by atoms with Crippen molar-refractivity contribution in [2.45, 2.75) is 131 Å². The number of aromatic amines is 1. The Morgan fingerprint density at radius 2 is 1.68 bits per heavy atom. The third kappa shape index (κ3) is 4.49. The second-order valence-corrected chi connectivity index (χ2v) is 19.0. The average Bonchev–Trinajstić information content (AvgIpc) is 3.81. The van der Waals surface area contributed by atoms with E-state index >= 15 is 4.79 Å². The van der Waals surface area contributed by atoms with Crippen LogP contribution in [0, 0.1) is 56.6 Å². The molecule has 9 atom stereocenters. The summed E-state index contributed by atoms with van der Waals surface area (Å²) in [6, 6.07) is 6.23. The highest BCUT2D eigenvalue weighted by Gasteiger charge is 2.71. The summed E-state index contributed by atoms with van der Waals surface area (Å²) in [5.41, 5.74) is 3.22. The number of rotatable bonds is 4. The molecule has 1 unspecified atom stereocenters. The van der Waals surface area contributed by atoms with E-state index in [9.17, 15) is 14.3 Å². The van der Waals surface area contributed by atoms with Gasteiger partial charge in [0.1, 0.15) is 11.6 Å². The van der Waals surface area contributed by atoms with Crippen LogP contribution in [0.5, 0.6) is 0 Å². The number of aliphatic hydroxyl groups excluding tert-OH is 1. The summed E-state index contributed by atoms with van der Waals surface area (Å²) in [4.78, 5) is 39.9. The van der Waals surface area contributed by atoms with Gasteiger partial charge >= 0.3 is 0 Å². The molecule has 1 aromatic carbocycles. The van der Waals surface area contributed by atoms with Crippen LogP contribution in [-0.4, -0.2) is 44.3 Å². The van der Waals surface area contributed by atoms with Gasteiger partial charge in [-0.05, 0) is 151 Å². The third-order valence-electron chi connectivity index (χ3n) is 16.4. The smallest absolute Gasteiger partial charge is 0.234 e. The number of aliphatic hydroxyl groups is 1. The summed E-state index contributed by atoms with van der Waals surface area (Å²) in [6.45, 7) is 17.2. The van der Waals surface area contributed by atoms with E-state index in [2.05, 4.69) is 58.4 Å². The molecule has 2 heterocycles. The quantitative estimate of drug-likeness (QED) is 0.337. The van der Waals surface area contributed by atoms with Gasteiger partial charge in [0.25, 0.3) is 0 Å². The molecule has 1 aromatic heterocycles. The molecule has 0 spiro atoms. The number of benzene rings is 1. The number of amides is 1. The van der Waals surface area contributed by atoms with Gasteiger partial charge in [0.05, 0.1) is 29.5 Å². The van der Waals surface area contributed by atoms with Crippen molar-refractivity contribution >= 4 is 11.7 Å². The minimum Gasteiger partial charge on any atom is -0.393 e. The van der Waals surface area contributed by atoms with Crippen molar-refractivity contribution in [3.8, 4) is 11.3 Å². The van der Waals surface area contributed by atoms with Crippen LogP contribution in [0.1, 0.15) is 131 Å². The topological polar surface area (TPSA) is 86.3 Å². The summed E-state index contributed by atoms with van der Waals surface area (Å²) in [5.74, 6) is 2.15. The van der Waals surface area contributed by atoms with Gasteiger partial charge in [-0.25, -0.2) is 9.37 Å². The maximum Gasteiger partial charge on any atom is 0.234 e. The molecular weight excluding hydrogens is 625 g/mol. The molecular formula is C43H58FN3O3. The van der Waals surface area contributed by atoms with Crippen LogP contribution in [0.4, 0.5) is 4.39 Å². The van der Waals surface area contributed by atoms with Crippen LogP contribution in [0.3, 0.4) is 0 Å². The van der Waals surface area contributed by atoms with E-state index in [1.165, 1.54) is 17.7 Å². The summed E-state index contributed by atoms with van der Waals surface area (Å²) in [6.07, 6.45) is 11.6. The van der Waals surface area contributed by atoms with Gasteiger partial charge in [0.2, 0.25) is 5.91 Å². The van der Waals surface area contributed by atoms with E-state index in [1.54, 1.807) is 18.3 Å². The van der Waals surface area contributed by atoms with Gasteiger partial charge in [-0.2, -0.15) is 0 Å². The number of allylic oxidation sites excluding steroid dienone is 1. The number of Topliss-reactive ketones (excluding diaryl/α,β-unsaturated/α-hetero) is 1. The predicted octanol–water partition coefficient (Wildman–Crippen LogP) is 9.22. The number of aromatic nitrogens is 2. The Labute approximate surface area is 298 Å². The number of nitrogens with zero attached hydrogens (tertiary/aromatic N) is 2. The molecule has 0 bridgehead atoms. The lowest BCUT2D eigenvalue weighted by Crippen LogP contribution is -2.66. The number of halogens is 1. The first-order valence-electron chi connectivity index (χ1n) is 19.7. The molecule has 6 nitrogen and oxygen atoms in total. The van der Waals surface area contributed by atoms with Gasteiger partial charge in [0, 0.05) is 13.0 Å². The van der Waals surface area contributed by atoms with E-state index in [4.69, 9.17) is 4.98 Å². The minimum atomic E-state index is -0.781. The number of hydrogen-bond donors (Lipinski definition) is 2. The molecule has 6 aliphatic rings. The van der Waals surface area contributed by atoms with E-state index in [0.717, 1.165) is 86.9 Å². The van der Waals surface area contributed by atoms with Crippen molar-refractivity contribution in [1.29, 1.82) is 0 Å². The van der Waals surface area contributed by atoms with Crippen LogP contribution in [-0.2, 0) is 9.59 Å². The molecule has 2 aromatic rings. The Balaban J connectivity index is 1.15. The lowest BCUT2D eigenvalue weighted by Gasteiger charge is -2.72. The minimum absolute atomic E-state index is 0.0105. The molecule has 7 heteroatoms. The maximum atomic E-state index is 15.3. The van der Waals surface area contributed by atoms with E-state index < -0.39 is 5.41 Å². The molecule has 1 amide bonds. The number of H-pyrrole nitrogens is 1. The van der Waals surface area contributed by atoms with Crippen molar-refractivity contribution in [1.82, 2.24) is 14.9 Å². The SMILES string of the molecule is CC(C)C1=C2[C@H]3CC[C@@H]4[C@@]5(C)CC[C@H](O)C(C)(C)[C@@H]5CC[C@@]4(C)[C@]3(C)CC[C@@]2(C(=O)N2CCCC2c2ncc(-c3ccc(F)cc3)[nH]2)CC1=O. The number of carbonyl (C=O) groups is 2. The molecule has 2 N–H and O–H groups in total. The zero-order valence-corrected chi connectivity index (χ0v) is 31.4. The van der Waals surface area contributed by atoms with Crippen molar-refractivity contribution in [3.05, 3.63) is 53.3 Å². The summed E-state index contributed by atoms with van der Waals surface area (Å²) in [5, 5.41) is 11.1. The fourth-order valence-corrected chi connectivity index (χ4v) is 13.7. The maximum absolute atomic E-state index is 15.3. The number of carbonyl (C=O) groups excluding carboxylic acids is 2. The van der Waals surface area contributed by atoms with Crippen LogP contribution in [0.25, 0.3) is 11.3 Å². The molecule has 8 rings (SSSR count). The van der Waals surface area contributed by atoms with Gasteiger partial charge in [0.15, 0.2) is 5.78 Å². The number of ketones is 1. The monoisotopic (exact) mass is 683 g/mol. The van der Waals surface area contributed by atoms with Crippen LogP contribution in [0.15, 0.2) is 41.6 Å². The highest BCUT2D eigenvalue weighted by molar-refractivity contribution is 6.07. The lowest BCUT2D eigenvalue weighted by molar-refractivity contribution is -0.228. The number of likely N-dealkylation sites (tertiary alicyclic amines) is 1. The van der Waals surface area contributed by atoms with Crippen molar-refractivity contribution < 1.29 is 19.1 Å². The third-order valence-corrected chi connectivity index (χ3v) is 16.4. The number of imidazole rings is 1.